The Bertz CT molecular complexity index is 1130. The SMILES string of the molecule is Cc1oc2ncn(C)c(=O)c2c1C(=O)NCC1CCN(CCc2ccc(F)cc2)CC1. The van der Waals surface area contributed by atoms with Gasteiger partial charge in [0, 0.05) is 20.1 Å². The van der Waals surface area contributed by atoms with Gasteiger partial charge in [0.1, 0.15) is 23.3 Å². The van der Waals surface area contributed by atoms with Crippen LogP contribution in [-0.4, -0.2) is 46.5 Å². The van der Waals surface area contributed by atoms with E-state index in [1.54, 1.807) is 14.0 Å². The summed E-state index contributed by atoms with van der Waals surface area (Å²) in [6.45, 7) is 5.13. The number of carbonyl (C=O) groups excluding carboxylic acids is 1. The number of aryl methyl sites for hydroxylation is 2. The van der Waals surface area contributed by atoms with Crippen LogP contribution in [0.25, 0.3) is 11.1 Å². The van der Waals surface area contributed by atoms with Gasteiger partial charge < -0.3 is 19.2 Å². The van der Waals surface area contributed by atoms with Crippen LogP contribution in [0.3, 0.4) is 0 Å². The van der Waals surface area contributed by atoms with E-state index in [2.05, 4.69) is 15.2 Å². The fraction of sp³-hybridized carbons (Fsp3) is 0.435. The van der Waals surface area contributed by atoms with Crippen molar-refractivity contribution in [1.29, 1.82) is 0 Å². The van der Waals surface area contributed by atoms with Crippen molar-refractivity contribution in [3.05, 3.63) is 63.7 Å². The van der Waals surface area contributed by atoms with Gasteiger partial charge in [-0.3, -0.25) is 9.59 Å². The summed E-state index contributed by atoms with van der Waals surface area (Å²) >= 11 is 0. The fourth-order valence-corrected chi connectivity index (χ4v) is 4.14. The van der Waals surface area contributed by atoms with Crippen LogP contribution < -0.4 is 10.9 Å². The molecule has 3 aromatic rings. The highest BCUT2D eigenvalue weighted by Gasteiger charge is 2.24. The number of fused-ring (bicyclic) bond motifs is 1. The number of carbonyl (C=O) groups is 1. The van der Waals surface area contributed by atoms with Gasteiger partial charge in [0.05, 0.1) is 5.56 Å². The Kier molecular flexibility index (Phi) is 6.18. The molecule has 2 aromatic heterocycles. The molecule has 1 amide bonds. The summed E-state index contributed by atoms with van der Waals surface area (Å²) < 4.78 is 19.9. The molecule has 0 saturated carbocycles. The predicted molar refractivity (Wildman–Crippen MR) is 116 cm³/mol. The molecule has 0 spiro atoms. The smallest absolute Gasteiger partial charge is 0.265 e. The lowest BCUT2D eigenvalue weighted by Gasteiger charge is -2.32. The maximum Gasteiger partial charge on any atom is 0.265 e. The number of halogens is 1. The molecule has 0 unspecified atom stereocenters. The van der Waals surface area contributed by atoms with E-state index in [4.69, 9.17) is 4.42 Å². The molecule has 3 heterocycles. The van der Waals surface area contributed by atoms with Crippen LogP contribution in [0, 0.1) is 18.7 Å². The Morgan fingerprint density at radius 2 is 1.97 bits per heavy atom. The number of aromatic nitrogens is 2. The normalized spacial score (nSPS) is 15.5. The summed E-state index contributed by atoms with van der Waals surface area (Å²) in [6.07, 6.45) is 4.28. The number of likely N-dealkylation sites (tertiary alicyclic amines) is 1. The molecule has 8 heteroatoms. The average Bonchev–Trinajstić information content (AvgIpc) is 3.12. The Labute approximate surface area is 179 Å². The highest BCUT2D eigenvalue weighted by Crippen LogP contribution is 2.21. The molecule has 0 aliphatic carbocycles. The molecule has 4 rings (SSSR count). The highest BCUT2D eigenvalue weighted by atomic mass is 19.1. The summed E-state index contributed by atoms with van der Waals surface area (Å²) in [5, 5.41) is 3.22. The molecule has 0 bridgehead atoms. The number of benzene rings is 1. The first-order chi connectivity index (χ1) is 14.9. The van der Waals surface area contributed by atoms with E-state index in [-0.39, 0.29) is 33.9 Å². The zero-order chi connectivity index (χ0) is 22.0. The van der Waals surface area contributed by atoms with E-state index < -0.39 is 0 Å². The molecule has 0 atom stereocenters. The van der Waals surface area contributed by atoms with E-state index in [0.29, 0.717) is 18.2 Å². The van der Waals surface area contributed by atoms with Crippen LogP contribution in [0.5, 0.6) is 0 Å². The monoisotopic (exact) mass is 426 g/mol. The Balaban J connectivity index is 1.29. The van der Waals surface area contributed by atoms with Crippen molar-refractivity contribution in [2.24, 2.45) is 13.0 Å². The van der Waals surface area contributed by atoms with E-state index in [1.165, 1.54) is 23.0 Å². The molecular formula is C23H27FN4O3. The summed E-state index contributed by atoms with van der Waals surface area (Å²) in [7, 11) is 1.60. The van der Waals surface area contributed by atoms with Crippen molar-refractivity contribution in [2.45, 2.75) is 26.2 Å². The van der Waals surface area contributed by atoms with Crippen LogP contribution in [-0.2, 0) is 13.5 Å². The van der Waals surface area contributed by atoms with E-state index in [0.717, 1.165) is 44.5 Å². The predicted octanol–water partition coefficient (Wildman–Crippen LogP) is 2.66. The summed E-state index contributed by atoms with van der Waals surface area (Å²) in [4.78, 5) is 31.8. The lowest BCUT2D eigenvalue weighted by atomic mass is 9.96. The van der Waals surface area contributed by atoms with Crippen molar-refractivity contribution in [1.82, 2.24) is 19.8 Å². The standard InChI is InChI=1S/C23H27FN4O3/c1-15-19(20-22(31-15)26-14-27(2)23(20)30)21(29)25-13-17-8-11-28(12-9-17)10-7-16-3-5-18(24)6-4-16/h3-6,14,17H,7-13H2,1-2H3,(H,25,29). The molecule has 1 aromatic carbocycles. The van der Waals surface area contributed by atoms with Crippen molar-refractivity contribution in [2.75, 3.05) is 26.2 Å². The number of furan rings is 1. The lowest BCUT2D eigenvalue weighted by molar-refractivity contribution is 0.0936. The van der Waals surface area contributed by atoms with Gasteiger partial charge in [0.25, 0.3) is 11.5 Å². The van der Waals surface area contributed by atoms with E-state index >= 15 is 0 Å². The third-order valence-electron chi connectivity index (χ3n) is 6.06. The molecule has 1 aliphatic rings. The Hall–Kier alpha value is -3.00. The molecule has 1 aliphatic heterocycles. The van der Waals surface area contributed by atoms with Gasteiger partial charge in [-0.2, -0.15) is 0 Å². The first-order valence-corrected chi connectivity index (χ1v) is 10.6. The number of hydrogen-bond donors (Lipinski definition) is 1. The second-order valence-electron chi connectivity index (χ2n) is 8.25. The van der Waals surface area contributed by atoms with Gasteiger partial charge in [-0.25, -0.2) is 9.37 Å². The molecular weight excluding hydrogens is 399 g/mol. The third kappa shape index (κ3) is 4.69. The number of piperidine rings is 1. The number of nitrogens with one attached hydrogen (secondary N) is 1. The largest absolute Gasteiger partial charge is 0.442 e. The molecule has 0 radical (unpaired) electrons. The number of amides is 1. The number of rotatable bonds is 6. The summed E-state index contributed by atoms with van der Waals surface area (Å²) in [5.74, 6) is 0.298. The first-order valence-electron chi connectivity index (χ1n) is 10.6. The maximum absolute atomic E-state index is 13.0. The number of nitrogens with zero attached hydrogens (tertiary/aromatic N) is 3. The minimum absolute atomic E-state index is 0.195. The zero-order valence-corrected chi connectivity index (χ0v) is 17.9. The topological polar surface area (TPSA) is 80.4 Å². The van der Waals surface area contributed by atoms with Crippen LogP contribution in [0.2, 0.25) is 0 Å². The van der Waals surface area contributed by atoms with Gasteiger partial charge in [0.15, 0.2) is 0 Å². The van der Waals surface area contributed by atoms with Crippen LogP contribution in [0.1, 0.15) is 34.5 Å². The van der Waals surface area contributed by atoms with Crippen LogP contribution in [0.4, 0.5) is 4.39 Å². The minimum atomic E-state index is -0.292. The lowest BCUT2D eigenvalue weighted by Crippen LogP contribution is -2.39. The van der Waals surface area contributed by atoms with Gasteiger partial charge in [-0.1, -0.05) is 12.1 Å². The molecule has 1 fully saturated rings. The van der Waals surface area contributed by atoms with E-state index in [9.17, 15) is 14.0 Å². The van der Waals surface area contributed by atoms with Crippen molar-refractivity contribution < 1.29 is 13.6 Å². The third-order valence-corrected chi connectivity index (χ3v) is 6.06. The average molecular weight is 426 g/mol. The molecule has 164 valence electrons. The van der Waals surface area contributed by atoms with Crippen molar-refractivity contribution in [3.8, 4) is 0 Å². The molecule has 31 heavy (non-hydrogen) atoms. The van der Waals surface area contributed by atoms with E-state index in [1.807, 2.05) is 12.1 Å². The summed E-state index contributed by atoms with van der Waals surface area (Å²) in [5.41, 5.74) is 1.32. The zero-order valence-electron chi connectivity index (χ0n) is 17.9. The van der Waals surface area contributed by atoms with Gasteiger partial charge in [-0.15, -0.1) is 0 Å². The molecule has 1 N–H and O–H groups in total. The maximum atomic E-state index is 13.0. The Morgan fingerprint density at radius 3 is 2.68 bits per heavy atom. The van der Waals surface area contributed by atoms with Crippen molar-refractivity contribution >= 4 is 17.0 Å². The quantitative estimate of drug-likeness (QED) is 0.656. The minimum Gasteiger partial charge on any atom is -0.442 e. The van der Waals surface area contributed by atoms with Crippen molar-refractivity contribution in [3.63, 3.8) is 0 Å². The molecule has 1 saturated heterocycles. The second-order valence-corrected chi connectivity index (χ2v) is 8.25. The van der Waals surface area contributed by atoms with Gasteiger partial charge in [-0.05, 0) is 62.9 Å². The fourth-order valence-electron chi connectivity index (χ4n) is 4.14. The summed E-state index contributed by atoms with van der Waals surface area (Å²) in [6, 6.07) is 6.67. The van der Waals surface area contributed by atoms with Gasteiger partial charge >= 0.3 is 0 Å². The highest BCUT2D eigenvalue weighted by molar-refractivity contribution is 6.06. The Morgan fingerprint density at radius 1 is 1.26 bits per heavy atom. The first kappa shape index (κ1) is 21.2. The number of hydrogen-bond acceptors (Lipinski definition) is 5. The van der Waals surface area contributed by atoms with Crippen LogP contribution in [0.15, 0.2) is 39.8 Å². The second kappa shape index (κ2) is 9.01. The van der Waals surface area contributed by atoms with Crippen LogP contribution >= 0.6 is 0 Å². The molecule has 7 nitrogen and oxygen atoms in total. The van der Waals surface area contributed by atoms with Gasteiger partial charge in [0.2, 0.25) is 5.71 Å².